The minimum atomic E-state index is -1.37. The third-order valence-electron chi connectivity index (χ3n) is 5.13. The Morgan fingerprint density at radius 2 is 1.94 bits per heavy atom. The van der Waals surface area contributed by atoms with E-state index in [4.69, 9.17) is 20.5 Å². The maximum atomic E-state index is 12.2. The second kappa shape index (κ2) is 13.1. The number of carbonyl (C=O) groups is 2. The summed E-state index contributed by atoms with van der Waals surface area (Å²) in [6.45, 7) is 5.87. The van der Waals surface area contributed by atoms with Gasteiger partial charge in [-0.1, -0.05) is 26.0 Å². The molecule has 0 aliphatic carbocycles. The van der Waals surface area contributed by atoms with E-state index in [1.165, 1.54) is 0 Å². The number of pyridine rings is 1. The summed E-state index contributed by atoms with van der Waals surface area (Å²) < 4.78 is 5.19. The molecule has 2 atom stereocenters. The molecule has 1 aromatic heterocycles. The number of carboxylic acids is 1. The monoisotopic (exact) mass is 460 g/mol. The zero-order valence-electron chi connectivity index (χ0n) is 19.1. The summed E-state index contributed by atoms with van der Waals surface area (Å²) >= 11 is 0. The SMILES string of the molecule is CC(C)C[C@H](N)B(O)O.O=C(O)C(Cc1ccc2ncccc2c1)NC(=O)N1CCOCC1. The topological polar surface area (TPSA) is 158 Å². The lowest BCUT2D eigenvalue weighted by Crippen LogP contribution is -2.51. The fourth-order valence-electron chi connectivity index (χ4n) is 3.36. The standard InChI is InChI=1S/C17H19N3O4.C5H14BNO2/c21-16(22)15(19-17(23)20-6-8-24-9-7-20)11-12-3-4-14-13(10-12)2-1-5-18-14;1-4(2)3-5(7)6(8)9/h1-5,10,15H,6-9,11H2,(H,19,23)(H,21,22);4-5,8-9H,3,7H2,1-2H3/t;5-/m.0/s1. The molecule has 180 valence electrons. The zero-order chi connectivity index (χ0) is 24.4. The van der Waals surface area contributed by atoms with Crippen LogP contribution in [0.15, 0.2) is 36.5 Å². The van der Waals surface area contributed by atoms with Gasteiger partial charge in [0, 0.05) is 37.0 Å². The summed E-state index contributed by atoms with van der Waals surface area (Å²) in [4.78, 5) is 29.5. The van der Waals surface area contributed by atoms with Crippen LogP contribution < -0.4 is 11.1 Å². The number of ether oxygens (including phenoxy) is 1. The van der Waals surface area contributed by atoms with Gasteiger partial charge < -0.3 is 35.8 Å². The molecule has 1 fully saturated rings. The molecule has 3 rings (SSSR count). The highest BCUT2D eigenvalue weighted by Gasteiger charge is 2.24. The van der Waals surface area contributed by atoms with Crippen LogP contribution in [0.5, 0.6) is 0 Å². The summed E-state index contributed by atoms with van der Waals surface area (Å²) in [5.74, 6) is -1.13. The van der Waals surface area contributed by atoms with Gasteiger partial charge in [0.05, 0.1) is 18.7 Å². The number of nitrogens with one attached hydrogen (secondary N) is 1. The summed E-state index contributed by atoms with van der Waals surface area (Å²) in [5.41, 5.74) is 7.01. The number of morpholine rings is 1. The maximum absolute atomic E-state index is 12.2. The van der Waals surface area contributed by atoms with Crippen molar-refractivity contribution in [2.24, 2.45) is 11.7 Å². The van der Waals surface area contributed by atoms with Crippen molar-refractivity contribution in [2.45, 2.75) is 38.7 Å². The Bertz CT molecular complexity index is 907. The average Bonchev–Trinajstić information content (AvgIpc) is 2.79. The Hall–Kier alpha value is -2.73. The first-order chi connectivity index (χ1) is 15.7. The number of hydrogen-bond donors (Lipinski definition) is 5. The third-order valence-corrected chi connectivity index (χ3v) is 5.13. The van der Waals surface area contributed by atoms with Gasteiger partial charge in [0.1, 0.15) is 6.04 Å². The smallest absolute Gasteiger partial charge is 0.469 e. The van der Waals surface area contributed by atoms with Gasteiger partial charge in [0.2, 0.25) is 0 Å². The van der Waals surface area contributed by atoms with Gasteiger partial charge >= 0.3 is 19.1 Å². The van der Waals surface area contributed by atoms with Crippen LogP contribution in [0, 0.1) is 5.92 Å². The summed E-state index contributed by atoms with van der Waals surface area (Å²) in [7, 11) is -1.37. The molecule has 0 spiro atoms. The van der Waals surface area contributed by atoms with Crippen LogP contribution in [0.25, 0.3) is 10.9 Å². The number of aromatic nitrogens is 1. The van der Waals surface area contributed by atoms with Gasteiger partial charge in [-0.05, 0) is 36.1 Å². The number of nitrogens with two attached hydrogens (primary N) is 1. The number of nitrogens with zero attached hydrogens (tertiary/aromatic N) is 2. The van der Waals surface area contributed by atoms with E-state index in [9.17, 15) is 14.7 Å². The molecule has 0 bridgehead atoms. The van der Waals surface area contributed by atoms with Crippen LogP contribution >= 0.6 is 0 Å². The van der Waals surface area contributed by atoms with Crippen LogP contribution in [0.4, 0.5) is 4.79 Å². The lowest BCUT2D eigenvalue weighted by Gasteiger charge is -2.28. The first-order valence-electron chi connectivity index (χ1n) is 11.0. The molecule has 1 unspecified atom stereocenters. The van der Waals surface area contributed by atoms with E-state index in [2.05, 4.69) is 10.3 Å². The number of benzene rings is 1. The number of fused-ring (bicyclic) bond motifs is 1. The maximum Gasteiger partial charge on any atom is 0.469 e. The van der Waals surface area contributed by atoms with Gasteiger partial charge in [-0.15, -0.1) is 0 Å². The quantitative estimate of drug-likeness (QED) is 0.377. The Morgan fingerprint density at radius 3 is 2.52 bits per heavy atom. The summed E-state index contributed by atoms with van der Waals surface area (Å²) in [5, 5.41) is 30.0. The Morgan fingerprint density at radius 1 is 1.24 bits per heavy atom. The Labute approximate surface area is 193 Å². The fraction of sp³-hybridized carbons (Fsp3) is 0.500. The molecule has 1 aliphatic heterocycles. The van der Waals surface area contributed by atoms with Crippen molar-refractivity contribution in [2.75, 3.05) is 26.3 Å². The van der Waals surface area contributed by atoms with Crippen molar-refractivity contribution in [1.82, 2.24) is 15.2 Å². The molecule has 1 aromatic carbocycles. The van der Waals surface area contributed by atoms with Crippen LogP contribution in [0.1, 0.15) is 25.8 Å². The second-order valence-corrected chi connectivity index (χ2v) is 8.38. The first kappa shape index (κ1) is 26.5. The lowest BCUT2D eigenvalue weighted by atomic mass is 9.76. The summed E-state index contributed by atoms with van der Waals surface area (Å²) in [6, 6.07) is 8.01. The Kier molecular flexibility index (Phi) is 10.5. The highest BCUT2D eigenvalue weighted by molar-refractivity contribution is 6.43. The largest absolute Gasteiger partial charge is 0.480 e. The minimum absolute atomic E-state index is 0.218. The van der Waals surface area contributed by atoms with Gasteiger partial charge in [-0.25, -0.2) is 9.59 Å². The van der Waals surface area contributed by atoms with Gasteiger partial charge in [-0.3, -0.25) is 4.98 Å². The molecule has 2 heterocycles. The van der Waals surface area contributed by atoms with Crippen LogP contribution in [-0.2, 0) is 16.0 Å². The fourth-order valence-corrected chi connectivity index (χ4v) is 3.36. The number of carboxylic acid groups (broad SMARTS) is 1. The molecule has 1 aliphatic rings. The number of hydrogen-bond acceptors (Lipinski definition) is 7. The van der Waals surface area contributed by atoms with E-state index < -0.39 is 25.1 Å². The van der Waals surface area contributed by atoms with E-state index in [1.54, 1.807) is 11.1 Å². The van der Waals surface area contributed by atoms with Crippen molar-refractivity contribution in [1.29, 1.82) is 0 Å². The van der Waals surface area contributed by atoms with Crippen molar-refractivity contribution in [3.8, 4) is 0 Å². The Balaban J connectivity index is 0.000000365. The molecule has 2 aromatic rings. The first-order valence-corrected chi connectivity index (χ1v) is 11.0. The third kappa shape index (κ3) is 8.97. The molecule has 1 saturated heterocycles. The number of rotatable bonds is 7. The van der Waals surface area contributed by atoms with E-state index >= 15 is 0 Å². The number of aliphatic carboxylic acids is 1. The number of carbonyl (C=O) groups excluding carboxylic acids is 1. The molecule has 0 radical (unpaired) electrons. The minimum Gasteiger partial charge on any atom is -0.480 e. The molecule has 6 N–H and O–H groups in total. The molecule has 2 amide bonds. The van der Waals surface area contributed by atoms with Crippen molar-refractivity contribution in [3.63, 3.8) is 0 Å². The molecule has 0 saturated carbocycles. The van der Waals surface area contributed by atoms with E-state index in [0.717, 1.165) is 16.5 Å². The molecular formula is C22H33BN4O6. The van der Waals surface area contributed by atoms with Crippen molar-refractivity contribution >= 4 is 30.0 Å². The molecule has 33 heavy (non-hydrogen) atoms. The zero-order valence-corrected chi connectivity index (χ0v) is 19.1. The van der Waals surface area contributed by atoms with Crippen molar-refractivity contribution < 1.29 is 29.5 Å². The lowest BCUT2D eigenvalue weighted by molar-refractivity contribution is -0.139. The van der Waals surface area contributed by atoms with Gasteiger partial charge in [-0.2, -0.15) is 0 Å². The van der Waals surface area contributed by atoms with E-state index in [-0.39, 0.29) is 12.5 Å². The predicted octanol–water partition coefficient (Wildman–Crippen LogP) is 0.644. The highest BCUT2D eigenvalue weighted by atomic mass is 16.5. The number of amides is 2. The normalized spacial score (nSPS) is 15.4. The van der Waals surface area contributed by atoms with Gasteiger partial charge in [0.15, 0.2) is 0 Å². The van der Waals surface area contributed by atoms with Crippen LogP contribution in [0.3, 0.4) is 0 Å². The van der Waals surface area contributed by atoms with Crippen LogP contribution in [-0.4, -0.2) is 82.4 Å². The van der Waals surface area contributed by atoms with E-state index in [1.807, 2.05) is 44.2 Å². The molecule has 11 heteroatoms. The van der Waals surface area contributed by atoms with Gasteiger partial charge in [0.25, 0.3) is 0 Å². The second-order valence-electron chi connectivity index (χ2n) is 8.38. The molecular weight excluding hydrogens is 427 g/mol. The predicted molar refractivity (Wildman–Crippen MR) is 125 cm³/mol. The highest BCUT2D eigenvalue weighted by Crippen LogP contribution is 2.15. The average molecular weight is 460 g/mol. The molecule has 10 nitrogen and oxygen atoms in total. The number of urea groups is 1. The van der Waals surface area contributed by atoms with Crippen LogP contribution in [0.2, 0.25) is 0 Å². The van der Waals surface area contributed by atoms with Crippen molar-refractivity contribution in [3.05, 3.63) is 42.1 Å². The summed E-state index contributed by atoms with van der Waals surface area (Å²) in [6.07, 6.45) is 2.58. The van der Waals surface area contributed by atoms with E-state index in [0.29, 0.717) is 38.6 Å².